The minimum absolute atomic E-state index is 0.0132. The molecule has 0 bridgehead atoms. The number of methoxy groups -OCH3 is 1. The van der Waals surface area contributed by atoms with Crippen molar-refractivity contribution in [2.75, 3.05) is 7.11 Å². The fraction of sp³-hybridized carbons (Fsp3) is 0.360. The predicted octanol–water partition coefficient (Wildman–Crippen LogP) is 4.90. The van der Waals surface area contributed by atoms with Crippen LogP contribution in [0.1, 0.15) is 40.5 Å². The number of amides is 3. The fourth-order valence-electron chi connectivity index (χ4n) is 4.56. The van der Waals surface area contributed by atoms with Crippen molar-refractivity contribution >= 4 is 67.0 Å². The second-order valence-corrected chi connectivity index (χ2v) is 11.4. The Balaban J connectivity index is 1.73. The first kappa shape index (κ1) is 25.9. The van der Waals surface area contributed by atoms with E-state index < -0.39 is 41.4 Å². The van der Waals surface area contributed by atoms with Gasteiger partial charge in [0.1, 0.15) is 11.8 Å². The third-order valence-electron chi connectivity index (χ3n) is 6.52. The molecule has 0 spiro atoms. The van der Waals surface area contributed by atoms with E-state index in [1.165, 1.54) is 26.2 Å². The van der Waals surface area contributed by atoms with Crippen molar-refractivity contribution in [1.29, 1.82) is 0 Å². The summed E-state index contributed by atoms with van der Waals surface area (Å²) in [5.74, 6) is -2.55. The van der Waals surface area contributed by atoms with Crippen LogP contribution in [-0.2, 0) is 9.59 Å². The van der Waals surface area contributed by atoms with Crippen LogP contribution >= 0.6 is 43.5 Å². The third-order valence-corrected chi connectivity index (χ3v) is 9.51. The molecule has 5 atom stereocenters. The van der Waals surface area contributed by atoms with Crippen LogP contribution in [0, 0.1) is 11.8 Å². The largest absolute Gasteiger partial charge is 0.497 e. The van der Waals surface area contributed by atoms with Crippen LogP contribution in [0.4, 0.5) is 0 Å². The summed E-state index contributed by atoms with van der Waals surface area (Å²) >= 11 is 13.1. The van der Waals surface area contributed by atoms with Crippen molar-refractivity contribution in [2.45, 2.75) is 35.5 Å². The number of halogens is 3. The van der Waals surface area contributed by atoms with Gasteiger partial charge in [-0.1, -0.05) is 43.5 Å². The molecule has 4 rings (SSSR count). The highest BCUT2D eigenvalue weighted by Crippen LogP contribution is 2.44. The first-order valence-corrected chi connectivity index (χ1v) is 13.3. The topological polar surface area (TPSA) is 84.0 Å². The summed E-state index contributed by atoms with van der Waals surface area (Å²) in [7, 11) is 1.52. The van der Waals surface area contributed by atoms with Crippen LogP contribution in [0.25, 0.3) is 0 Å². The zero-order valence-electron chi connectivity index (χ0n) is 19.0. The molecule has 0 unspecified atom stereocenters. The standard InChI is InChI=1S/C25H23Br2ClN2O5/c1-13(22(31)14-5-9-17(35-2)10-6-14)29(23(32)15-3-7-16(28)8-4-15)30-24(33)18-11-20(26)21(27)12-19(18)25(30)34/h3-10,13,18-21H,11-12H2,1-2H3/t13-,18-,19+,20-,21-/m0/s1. The molecule has 2 fully saturated rings. The van der Waals surface area contributed by atoms with Crippen molar-refractivity contribution in [2.24, 2.45) is 11.8 Å². The molecule has 2 aromatic rings. The SMILES string of the molecule is COc1ccc(C(=O)[C@H](C)N(C(=O)c2ccc(Cl)cc2)N2C(=O)[C@H]3C[C@H](Br)[C@@H](Br)C[C@H]3C2=O)cc1. The van der Waals surface area contributed by atoms with Gasteiger partial charge in [0.15, 0.2) is 5.78 Å². The molecule has 1 aliphatic heterocycles. The second kappa shape index (κ2) is 10.4. The van der Waals surface area contributed by atoms with Crippen LogP contribution in [0.15, 0.2) is 48.5 Å². The smallest absolute Gasteiger partial charge is 0.273 e. The molecule has 1 aliphatic carbocycles. The van der Waals surface area contributed by atoms with E-state index in [0.717, 1.165) is 10.0 Å². The number of rotatable bonds is 6. The number of benzene rings is 2. The van der Waals surface area contributed by atoms with E-state index in [1.54, 1.807) is 36.4 Å². The van der Waals surface area contributed by atoms with Gasteiger partial charge in [-0.15, -0.1) is 0 Å². The average Bonchev–Trinajstić information content (AvgIpc) is 3.08. The number of fused-ring (bicyclic) bond motifs is 1. The summed E-state index contributed by atoms with van der Waals surface area (Å²) in [5.41, 5.74) is 0.528. The number of carbonyl (C=O) groups excluding carboxylic acids is 4. The number of carbonyl (C=O) groups is 4. The van der Waals surface area contributed by atoms with E-state index in [4.69, 9.17) is 16.3 Å². The lowest BCUT2D eigenvalue weighted by Crippen LogP contribution is -2.56. The molecule has 2 aliphatic rings. The highest BCUT2D eigenvalue weighted by Gasteiger charge is 2.55. The highest BCUT2D eigenvalue weighted by atomic mass is 79.9. The summed E-state index contributed by atoms with van der Waals surface area (Å²) in [6.07, 6.45) is 0.900. The minimum atomic E-state index is -1.13. The fourth-order valence-corrected chi connectivity index (χ4v) is 5.93. The number of nitrogens with zero attached hydrogens (tertiary/aromatic N) is 2. The molecule has 3 amide bonds. The molecule has 0 aromatic heterocycles. The summed E-state index contributed by atoms with van der Waals surface area (Å²) < 4.78 is 5.15. The van der Waals surface area contributed by atoms with Crippen molar-refractivity contribution in [3.63, 3.8) is 0 Å². The average molecular weight is 627 g/mol. The molecule has 1 saturated carbocycles. The molecule has 0 N–H and O–H groups in total. The van der Waals surface area contributed by atoms with E-state index in [9.17, 15) is 19.2 Å². The van der Waals surface area contributed by atoms with Crippen molar-refractivity contribution in [3.05, 3.63) is 64.7 Å². The van der Waals surface area contributed by atoms with E-state index in [0.29, 0.717) is 29.2 Å². The Morgan fingerprint density at radius 1 is 0.943 bits per heavy atom. The first-order chi connectivity index (χ1) is 16.6. The van der Waals surface area contributed by atoms with Crippen LogP contribution < -0.4 is 4.74 Å². The number of imide groups is 1. The van der Waals surface area contributed by atoms with Crippen LogP contribution in [0.3, 0.4) is 0 Å². The van der Waals surface area contributed by atoms with Crippen molar-refractivity contribution < 1.29 is 23.9 Å². The highest BCUT2D eigenvalue weighted by molar-refractivity contribution is 9.12. The summed E-state index contributed by atoms with van der Waals surface area (Å²) in [6.45, 7) is 1.52. The van der Waals surface area contributed by atoms with E-state index in [2.05, 4.69) is 31.9 Å². The van der Waals surface area contributed by atoms with Gasteiger partial charge in [-0.05, 0) is 68.3 Å². The Morgan fingerprint density at radius 3 is 1.91 bits per heavy atom. The van der Waals surface area contributed by atoms with Gasteiger partial charge in [0.05, 0.1) is 18.9 Å². The molecular formula is C25H23Br2ClN2O5. The zero-order chi connectivity index (χ0) is 25.4. The van der Waals surface area contributed by atoms with Gasteiger partial charge in [-0.3, -0.25) is 19.2 Å². The molecular weight excluding hydrogens is 604 g/mol. The predicted molar refractivity (Wildman–Crippen MR) is 138 cm³/mol. The summed E-state index contributed by atoms with van der Waals surface area (Å²) in [5, 5.41) is 2.33. The molecule has 184 valence electrons. The Morgan fingerprint density at radius 2 is 1.43 bits per heavy atom. The molecule has 10 heteroatoms. The number of hydrogen-bond donors (Lipinski definition) is 0. The first-order valence-electron chi connectivity index (χ1n) is 11.1. The van der Waals surface area contributed by atoms with Gasteiger partial charge < -0.3 is 4.74 Å². The monoisotopic (exact) mass is 624 g/mol. The lowest BCUT2D eigenvalue weighted by molar-refractivity contribution is -0.156. The second-order valence-electron chi connectivity index (χ2n) is 8.63. The lowest BCUT2D eigenvalue weighted by atomic mass is 9.81. The maximum absolute atomic E-state index is 13.7. The van der Waals surface area contributed by atoms with Gasteiger partial charge in [0, 0.05) is 25.8 Å². The van der Waals surface area contributed by atoms with E-state index >= 15 is 0 Å². The zero-order valence-corrected chi connectivity index (χ0v) is 22.9. The Labute approximate surface area is 225 Å². The van der Waals surface area contributed by atoms with Gasteiger partial charge in [0.25, 0.3) is 17.7 Å². The maximum atomic E-state index is 13.7. The number of ketones is 1. The van der Waals surface area contributed by atoms with Crippen LogP contribution in [-0.4, -0.2) is 56.3 Å². The van der Waals surface area contributed by atoms with Crippen LogP contribution in [0.5, 0.6) is 5.75 Å². The molecule has 1 saturated heterocycles. The molecule has 35 heavy (non-hydrogen) atoms. The van der Waals surface area contributed by atoms with Gasteiger partial charge in [0.2, 0.25) is 0 Å². The molecule has 7 nitrogen and oxygen atoms in total. The summed E-state index contributed by atoms with van der Waals surface area (Å²) in [6, 6.07) is 11.4. The number of hydrogen-bond acceptors (Lipinski definition) is 5. The Kier molecular flexibility index (Phi) is 7.68. The van der Waals surface area contributed by atoms with Crippen LogP contribution in [0.2, 0.25) is 5.02 Å². The summed E-state index contributed by atoms with van der Waals surface area (Å²) in [4.78, 5) is 54.2. The van der Waals surface area contributed by atoms with E-state index in [1.807, 2.05) is 0 Å². The number of hydrazine groups is 1. The molecule has 1 heterocycles. The number of Topliss-reactive ketones (excluding diaryl/α,β-unsaturated/α-hetero) is 1. The lowest BCUT2D eigenvalue weighted by Gasteiger charge is -2.34. The Hall–Kier alpha value is -2.23. The van der Waals surface area contributed by atoms with Crippen molar-refractivity contribution in [1.82, 2.24) is 10.0 Å². The quantitative estimate of drug-likeness (QED) is 0.259. The van der Waals surface area contributed by atoms with Gasteiger partial charge in [-0.2, -0.15) is 5.01 Å². The third kappa shape index (κ3) is 4.90. The Bertz CT molecular complexity index is 1130. The van der Waals surface area contributed by atoms with E-state index in [-0.39, 0.29) is 15.2 Å². The molecule has 2 aromatic carbocycles. The number of alkyl halides is 2. The van der Waals surface area contributed by atoms with Crippen molar-refractivity contribution in [3.8, 4) is 5.75 Å². The van der Waals surface area contributed by atoms with Gasteiger partial charge >= 0.3 is 0 Å². The maximum Gasteiger partial charge on any atom is 0.273 e. The number of ether oxygens (including phenoxy) is 1. The molecule has 0 radical (unpaired) electrons. The minimum Gasteiger partial charge on any atom is -0.497 e. The normalized spacial score (nSPS) is 24.7. The van der Waals surface area contributed by atoms with Gasteiger partial charge in [-0.25, -0.2) is 5.01 Å².